The highest BCUT2D eigenvalue weighted by Gasteiger charge is 2.21. The minimum atomic E-state index is -0.478. The van der Waals surface area contributed by atoms with Gasteiger partial charge in [0.05, 0.1) is 22.1 Å². The first kappa shape index (κ1) is 23.7. The first-order valence-electron chi connectivity index (χ1n) is 11.1. The molecule has 2 heterocycles. The average molecular weight is 481 g/mol. The first-order chi connectivity index (χ1) is 16.2. The number of amides is 1. The molecule has 1 amide bonds. The Labute approximate surface area is 202 Å². The molecule has 0 aliphatic heterocycles. The molecule has 4 aromatic rings. The van der Waals surface area contributed by atoms with Gasteiger partial charge in [-0.2, -0.15) is 5.10 Å². The minimum Gasteiger partial charge on any atom is -0.325 e. The van der Waals surface area contributed by atoms with Gasteiger partial charge in [0.2, 0.25) is 5.91 Å². The van der Waals surface area contributed by atoms with E-state index in [2.05, 4.69) is 5.32 Å². The summed E-state index contributed by atoms with van der Waals surface area (Å²) in [4.78, 5) is 26.0. The van der Waals surface area contributed by atoms with Gasteiger partial charge in [-0.1, -0.05) is 23.7 Å². The Morgan fingerprint density at radius 3 is 2.59 bits per heavy atom. The second-order valence-electron chi connectivity index (χ2n) is 8.36. The fourth-order valence-corrected chi connectivity index (χ4v) is 4.56. The highest BCUT2D eigenvalue weighted by atomic mass is 35.5. The lowest BCUT2D eigenvalue weighted by Gasteiger charge is -2.15. The lowest BCUT2D eigenvalue weighted by atomic mass is 10.0. The summed E-state index contributed by atoms with van der Waals surface area (Å²) in [5.41, 5.74) is 5.18. The SMILES string of the molecule is CCn1c(=O)c(CCC(=O)Nc2ccc(F)cc2Cl)c(C)c2c(C)nn(-c3cccc(C)c3)c21. The number of hydrogen-bond donors (Lipinski definition) is 1. The zero-order valence-electron chi connectivity index (χ0n) is 19.6. The van der Waals surface area contributed by atoms with Crippen molar-refractivity contribution in [2.45, 2.75) is 47.1 Å². The van der Waals surface area contributed by atoms with E-state index in [1.807, 2.05) is 56.6 Å². The first-order valence-corrected chi connectivity index (χ1v) is 11.5. The summed E-state index contributed by atoms with van der Waals surface area (Å²) in [6.07, 6.45) is 0.352. The third kappa shape index (κ3) is 4.35. The summed E-state index contributed by atoms with van der Waals surface area (Å²) in [7, 11) is 0. The molecule has 0 saturated carbocycles. The van der Waals surface area contributed by atoms with Crippen molar-refractivity contribution in [1.82, 2.24) is 14.3 Å². The van der Waals surface area contributed by atoms with Crippen LogP contribution in [-0.4, -0.2) is 20.3 Å². The van der Waals surface area contributed by atoms with Gasteiger partial charge in [0, 0.05) is 23.9 Å². The number of aromatic nitrogens is 3. The number of carbonyl (C=O) groups is 1. The van der Waals surface area contributed by atoms with Gasteiger partial charge in [-0.25, -0.2) is 9.07 Å². The molecule has 0 atom stereocenters. The number of rotatable bonds is 6. The maximum absolute atomic E-state index is 13.5. The second kappa shape index (κ2) is 9.43. The maximum Gasteiger partial charge on any atom is 0.255 e. The van der Waals surface area contributed by atoms with Crippen LogP contribution in [0.5, 0.6) is 0 Å². The number of carbonyl (C=O) groups excluding carboxylic acids is 1. The Balaban J connectivity index is 1.71. The van der Waals surface area contributed by atoms with E-state index in [1.54, 1.807) is 4.57 Å². The Bertz CT molecular complexity index is 1470. The molecule has 2 aromatic carbocycles. The van der Waals surface area contributed by atoms with Crippen LogP contribution in [0.3, 0.4) is 0 Å². The molecule has 0 unspecified atom stereocenters. The summed E-state index contributed by atoms with van der Waals surface area (Å²) >= 11 is 6.01. The molecule has 0 aliphatic rings. The van der Waals surface area contributed by atoms with E-state index in [9.17, 15) is 14.0 Å². The zero-order chi connectivity index (χ0) is 24.6. The standard InChI is InChI=1S/C26H26ClFN4O2/c1-5-31-25-24(17(4)30-32(25)19-8-6-7-15(2)13-19)16(3)20(26(31)34)10-12-23(33)29-22-11-9-18(28)14-21(22)27/h6-9,11,13-14H,5,10,12H2,1-4H3,(H,29,33). The molecule has 0 spiro atoms. The van der Waals surface area contributed by atoms with E-state index in [-0.39, 0.29) is 29.3 Å². The van der Waals surface area contributed by atoms with Gasteiger partial charge < -0.3 is 5.32 Å². The van der Waals surface area contributed by atoms with Crippen molar-refractivity contribution < 1.29 is 9.18 Å². The summed E-state index contributed by atoms with van der Waals surface area (Å²) in [6, 6.07) is 11.8. The molecule has 6 nitrogen and oxygen atoms in total. The molecule has 0 aliphatic carbocycles. The zero-order valence-corrected chi connectivity index (χ0v) is 20.3. The molecule has 1 N–H and O–H groups in total. The summed E-state index contributed by atoms with van der Waals surface area (Å²) in [5, 5.41) is 8.49. The van der Waals surface area contributed by atoms with Crippen molar-refractivity contribution >= 4 is 34.2 Å². The third-order valence-corrected chi connectivity index (χ3v) is 6.31. The monoisotopic (exact) mass is 480 g/mol. The van der Waals surface area contributed by atoms with Crippen LogP contribution >= 0.6 is 11.6 Å². The van der Waals surface area contributed by atoms with Crippen LogP contribution in [0.15, 0.2) is 47.3 Å². The topological polar surface area (TPSA) is 68.9 Å². The molecular weight excluding hydrogens is 455 g/mol. The molecule has 2 aromatic heterocycles. The Hall–Kier alpha value is -3.45. The molecule has 0 bridgehead atoms. The number of aryl methyl sites for hydroxylation is 4. The fraction of sp³-hybridized carbons (Fsp3) is 0.269. The summed E-state index contributed by atoms with van der Waals surface area (Å²) in [5.74, 6) is -0.781. The van der Waals surface area contributed by atoms with Crippen molar-refractivity contribution in [3.63, 3.8) is 0 Å². The van der Waals surface area contributed by atoms with E-state index in [4.69, 9.17) is 16.7 Å². The van der Waals surface area contributed by atoms with Crippen LogP contribution in [0, 0.1) is 26.6 Å². The van der Waals surface area contributed by atoms with Crippen LogP contribution in [0.4, 0.5) is 10.1 Å². The third-order valence-electron chi connectivity index (χ3n) is 5.99. The van der Waals surface area contributed by atoms with Crippen LogP contribution in [0.1, 0.15) is 35.7 Å². The number of halogens is 2. The van der Waals surface area contributed by atoms with Crippen LogP contribution in [0.2, 0.25) is 5.02 Å². The second-order valence-corrected chi connectivity index (χ2v) is 8.77. The number of pyridine rings is 1. The van der Waals surface area contributed by atoms with Crippen LogP contribution in [0.25, 0.3) is 16.7 Å². The van der Waals surface area contributed by atoms with Gasteiger partial charge in [-0.05, 0) is 75.6 Å². The predicted molar refractivity (Wildman–Crippen MR) is 134 cm³/mol. The predicted octanol–water partition coefficient (Wildman–Crippen LogP) is 5.50. The van der Waals surface area contributed by atoms with E-state index in [1.165, 1.54) is 12.1 Å². The number of nitrogens with one attached hydrogen (secondary N) is 1. The van der Waals surface area contributed by atoms with Gasteiger partial charge in [0.25, 0.3) is 5.56 Å². The van der Waals surface area contributed by atoms with Gasteiger partial charge >= 0.3 is 0 Å². The van der Waals surface area contributed by atoms with Crippen molar-refractivity contribution in [3.05, 3.63) is 86.0 Å². The maximum atomic E-state index is 13.5. The normalized spacial score (nSPS) is 11.2. The minimum absolute atomic E-state index is 0.0874. The number of anilines is 1. The average Bonchev–Trinajstić information content (AvgIpc) is 3.13. The van der Waals surface area contributed by atoms with Gasteiger partial charge in [-0.3, -0.25) is 14.2 Å². The Morgan fingerprint density at radius 2 is 1.91 bits per heavy atom. The summed E-state index contributed by atoms with van der Waals surface area (Å²) in [6.45, 7) is 8.24. The number of nitrogens with zero attached hydrogens (tertiary/aromatic N) is 3. The fourth-order valence-electron chi connectivity index (χ4n) is 4.34. The number of fused-ring (bicyclic) bond motifs is 1. The van der Waals surface area contributed by atoms with Crippen molar-refractivity contribution in [2.24, 2.45) is 0 Å². The highest BCUT2D eigenvalue weighted by Crippen LogP contribution is 2.27. The number of benzene rings is 2. The molecule has 34 heavy (non-hydrogen) atoms. The van der Waals surface area contributed by atoms with Crippen LogP contribution < -0.4 is 10.9 Å². The van der Waals surface area contributed by atoms with E-state index < -0.39 is 5.82 Å². The lowest BCUT2D eigenvalue weighted by molar-refractivity contribution is -0.116. The van der Waals surface area contributed by atoms with Crippen molar-refractivity contribution in [3.8, 4) is 5.69 Å². The molecular formula is C26H26ClFN4O2. The molecule has 0 radical (unpaired) electrons. The van der Waals surface area contributed by atoms with E-state index in [0.717, 1.165) is 39.6 Å². The smallest absolute Gasteiger partial charge is 0.255 e. The Kier molecular flexibility index (Phi) is 6.57. The van der Waals surface area contributed by atoms with Gasteiger partial charge in [-0.15, -0.1) is 0 Å². The van der Waals surface area contributed by atoms with Gasteiger partial charge in [0.15, 0.2) is 0 Å². The van der Waals surface area contributed by atoms with Crippen molar-refractivity contribution in [1.29, 1.82) is 0 Å². The highest BCUT2D eigenvalue weighted by molar-refractivity contribution is 6.33. The lowest BCUT2D eigenvalue weighted by Crippen LogP contribution is -2.27. The Morgan fingerprint density at radius 1 is 1.15 bits per heavy atom. The molecule has 0 fully saturated rings. The molecule has 0 saturated heterocycles. The van der Waals surface area contributed by atoms with E-state index in [0.29, 0.717) is 17.8 Å². The van der Waals surface area contributed by atoms with Gasteiger partial charge in [0.1, 0.15) is 11.5 Å². The largest absolute Gasteiger partial charge is 0.325 e. The molecule has 4 rings (SSSR count). The molecule has 8 heteroatoms. The van der Waals surface area contributed by atoms with E-state index >= 15 is 0 Å². The van der Waals surface area contributed by atoms with Crippen LogP contribution in [-0.2, 0) is 17.8 Å². The summed E-state index contributed by atoms with van der Waals surface area (Å²) < 4.78 is 16.8. The molecule has 176 valence electrons. The van der Waals surface area contributed by atoms with Crippen molar-refractivity contribution in [2.75, 3.05) is 5.32 Å². The number of hydrogen-bond acceptors (Lipinski definition) is 3. The quantitative estimate of drug-likeness (QED) is 0.396.